The Morgan fingerprint density at radius 2 is 2.00 bits per heavy atom. The van der Waals surface area contributed by atoms with E-state index >= 15 is 0 Å². The van der Waals surface area contributed by atoms with E-state index in [0.29, 0.717) is 28.2 Å². The second-order valence-electron chi connectivity index (χ2n) is 5.67. The van der Waals surface area contributed by atoms with Gasteiger partial charge in [-0.25, -0.2) is 4.99 Å². The fraction of sp³-hybridized carbons (Fsp3) is 0.211. The first-order chi connectivity index (χ1) is 13.0. The molecule has 6 nitrogen and oxygen atoms in total. The Labute approximate surface area is 166 Å². The number of nitrogens with one attached hydrogen (secondary N) is 2. The number of amides is 2. The minimum atomic E-state index is -0.533. The second kappa shape index (κ2) is 8.92. The number of aliphatic imine (C=N–C) groups is 1. The van der Waals surface area contributed by atoms with E-state index in [0.717, 1.165) is 5.75 Å². The largest absolute Gasteiger partial charge is 0.494 e. The smallest absolute Gasteiger partial charge is 0.240 e. The first-order valence-corrected chi connectivity index (χ1v) is 9.64. The number of amidine groups is 1. The molecule has 27 heavy (non-hydrogen) atoms. The van der Waals surface area contributed by atoms with Crippen LogP contribution in [0.1, 0.15) is 13.3 Å². The van der Waals surface area contributed by atoms with Crippen LogP contribution in [0.2, 0.25) is 5.02 Å². The lowest BCUT2D eigenvalue weighted by molar-refractivity contribution is -0.122. The van der Waals surface area contributed by atoms with Crippen LogP contribution in [0, 0.1) is 0 Å². The molecule has 1 aliphatic heterocycles. The van der Waals surface area contributed by atoms with Crippen LogP contribution in [0.4, 0.5) is 11.4 Å². The van der Waals surface area contributed by atoms with Gasteiger partial charge in [-0.3, -0.25) is 9.59 Å². The number of para-hydroxylation sites is 1. The third kappa shape index (κ3) is 5.24. The molecule has 1 aliphatic rings. The summed E-state index contributed by atoms with van der Waals surface area (Å²) < 4.78 is 5.39. The maximum Gasteiger partial charge on any atom is 0.240 e. The van der Waals surface area contributed by atoms with E-state index in [1.54, 1.807) is 24.3 Å². The molecule has 8 heteroatoms. The first kappa shape index (κ1) is 19.3. The Hall–Kier alpha value is -2.51. The predicted molar refractivity (Wildman–Crippen MR) is 109 cm³/mol. The summed E-state index contributed by atoms with van der Waals surface area (Å²) in [5.74, 6) is 0.246. The van der Waals surface area contributed by atoms with Crippen LogP contribution < -0.4 is 15.4 Å². The summed E-state index contributed by atoms with van der Waals surface area (Å²) in [6, 6.07) is 14.2. The average Bonchev–Trinajstić information content (AvgIpc) is 2.98. The van der Waals surface area contributed by atoms with Crippen molar-refractivity contribution in [1.29, 1.82) is 0 Å². The number of carbonyl (C=O) groups is 2. The summed E-state index contributed by atoms with van der Waals surface area (Å²) in [7, 11) is 0. The lowest BCUT2D eigenvalue weighted by Gasteiger charge is -2.08. The maximum atomic E-state index is 12.2. The lowest BCUT2D eigenvalue weighted by atomic mass is 10.2. The van der Waals surface area contributed by atoms with Gasteiger partial charge in [-0.05, 0) is 43.3 Å². The van der Waals surface area contributed by atoms with Gasteiger partial charge in [0.25, 0.3) is 0 Å². The molecule has 0 aliphatic carbocycles. The number of rotatable bonds is 6. The number of hydrogen-bond donors (Lipinski definition) is 2. The fourth-order valence-electron chi connectivity index (χ4n) is 2.43. The molecule has 1 fully saturated rings. The number of benzene rings is 2. The number of ether oxygens (including phenoxy) is 1. The van der Waals surface area contributed by atoms with Gasteiger partial charge in [0.1, 0.15) is 11.0 Å². The van der Waals surface area contributed by atoms with Crippen LogP contribution in [-0.2, 0) is 9.59 Å². The summed E-state index contributed by atoms with van der Waals surface area (Å²) in [5, 5.41) is 5.82. The average molecular weight is 404 g/mol. The quantitative estimate of drug-likeness (QED) is 0.764. The molecule has 2 aromatic carbocycles. The van der Waals surface area contributed by atoms with Crippen molar-refractivity contribution in [3.05, 3.63) is 53.6 Å². The molecule has 0 bridgehead atoms. The van der Waals surface area contributed by atoms with Crippen LogP contribution in [0.15, 0.2) is 53.5 Å². The standard InChI is InChI=1S/C19H18ClN3O3S/c1-2-26-13-9-7-12(8-10-13)21-19-23-18(25)16(27-19)11-17(24)22-15-6-4-3-5-14(15)20/h3-10,16H,2,11H2,1H3,(H,22,24)(H,21,23,25)/t16-/m0/s1. The highest BCUT2D eigenvalue weighted by Gasteiger charge is 2.32. The monoisotopic (exact) mass is 403 g/mol. The summed E-state index contributed by atoms with van der Waals surface area (Å²) in [5.41, 5.74) is 1.22. The van der Waals surface area contributed by atoms with Crippen molar-refractivity contribution < 1.29 is 14.3 Å². The summed E-state index contributed by atoms with van der Waals surface area (Å²) >= 11 is 7.27. The van der Waals surface area contributed by atoms with Gasteiger partial charge in [-0.15, -0.1) is 0 Å². The topological polar surface area (TPSA) is 79.8 Å². The Kier molecular flexibility index (Phi) is 6.36. The number of anilines is 1. The van der Waals surface area contributed by atoms with Gasteiger partial charge in [0.15, 0.2) is 5.17 Å². The van der Waals surface area contributed by atoms with Gasteiger partial charge in [0.05, 0.1) is 23.0 Å². The highest BCUT2D eigenvalue weighted by molar-refractivity contribution is 8.15. The molecular formula is C19H18ClN3O3S. The molecule has 140 valence electrons. The molecular weight excluding hydrogens is 386 g/mol. The molecule has 0 unspecified atom stereocenters. The van der Waals surface area contributed by atoms with Crippen molar-refractivity contribution in [3.63, 3.8) is 0 Å². The third-order valence-electron chi connectivity index (χ3n) is 3.67. The normalized spacial score (nSPS) is 17.6. The van der Waals surface area contributed by atoms with E-state index in [1.807, 2.05) is 31.2 Å². The van der Waals surface area contributed by atoms with Crippen molar-refractivity contribution in [1.82, 2.24) is 5.32 Å². The molecule has 1 saturated heterocycles. The molecule has 0 radical (unpaired) electrons. The Morgan fingerprint density at radius 3 is 2.70 bits per heavy atom. The Balaban J connectivity index is 1.59. The van der Waals surface area contributed by atoms with Gasteiger partial charge in [0, 0.05) is 6.42 Å². The van der Waals surface area contributed by atoms with Crippen molar-refractivity contribution in [3.8, 4) is 5.75 Å². The summed E-state index contributed by atoms with van der Waals surface area (Å²) in [6.07, 6.45) is 0.0318. The SMILES string of the molecule is CCOc1ccc(N=C2NC(=O)[C@H](CC(=O)Nc3ccccc3Cl)S2)cc1. The highest BCUT2D eigenvalue weighted by atomic mass is 35.5. The van der Waals surface area contributed by atoms with Crippen molar-refractivity contribution >= 4 is 51.7 Å². The van der Waals surface area contributed by atoms with E-state index in [1.165, 1.54) is 11.8 Å². The molecule has 1 atom stereocenters. The summed E-state index contributed by atoms with van der Waals surface area (Å²) in [4.78, 5) is 28.7. The molecule has 0 spiro atoms. The number of thioether (sulfide) groups is 1. The summed E-state index contributed by atoms with van der Waals surface area (Å²) in [6.45, 7) is 2.51. The Morgan fingerprint density at radius 1 is 1.26 bits per heavy atom. The van der Waals surface area contributed by atoms with E-state index < -0.39 is 5.25 Å². The highest BCUT2D eigenvalue weighted by Crippen LogP contribution is 2.27. The van der Waals surface area contributed by atoms with Crippen LogP contribution in [0.25, 0.3) is 0 Å². The van der Waals surface area contributed by atoms with Crippen molar-refractivity contribution in [2.45, 2.75) is 18.6 Å². The predicted octanol–water partition coefficient (Wildman–Crippen LogP) is 3.99. The fourth-order valence-corrected chi connectivity index (χ4v) is 3.60. The van der Waals surface area contributed by atoms with Crippen LogP contribution in [0.5, 0.6) is 5.75 Å². The number of carbonyl (C=O) groups excluding carboxylic acids is 2. The zero-order valence-electron chi connectivity index (χ0n) is 14.6. The van der Waals surface area contributed by atoms with E-state index in [-0.39, 0.29) is 18.2 Å². The van der Waals surface area contributed by atoms with Crippen LogP contribution in [-0.4, -0.2) is 28.8 Å². The number of nitrogens with zero attached hydrogens (tertiary/aromatic N) is 1. The Bertz CT molecular complexity index is 871. The zero-order valence-corrected chi connectivity index (χ0v) is 16.1. The van der Waals surface area contributed by atoms with Crippen molar-refractivity contribution in [2.24, 2.45) is 4.99 Å². The van der Waals surface area contributed by atoms with Crippen molar-refractivity contribution in [2.75, 3.05) is 11.9 Å². The minimum Gasteiger partial charge on any atom is -0.494 e. The van der Waals surface area contributed by atoms with Gasteiger partial charge in [-0.2, -0.15) is 0 Å². The van der Waals surface area contributed by atoms with Gasteiger partial charge < -0.3 is 15.4 Å². The molecule has 2 N–H and O–H groups in total. The molecule has 2 amide bonds. The van der Waals surface area contributed by atoms with Gasteiger partial charge >= 0.3 is 0 Å². The molecule has 3 rings (SSSR count). The van der Waals surface area contributed by atoms with E-state index in [2.05, 4.69) is 15.6 Å². The van der Waals surface area contributed by atoms with Crippen LogP contribution in [0.3, 0.4) is 0 Å². The molecule has 1 heterocycles. The lowest BCUT2D eigenvalue weighted by Crippen LogP contribution is -2.28. The first-order valence-electron chi connectivity index (χ1n) is 8.38. The minimum absolute atomic E-state index is 0.0318. The molecule has 0 aromatic heterocycles. The molecule has 2 aromatic rings. The van der Waals surface area contributed by atoms with Gasteiger partial charge in [0.2, 0.25) is 11.8 Å². The van der Waals surface area contributed by atoms with E-state index in [4.69, 9.17) is 16.3 Å². The number of halogens is 1. The number of hydrogen-bond acceptors (Lipinski definition) is 5. The second-order valence-corrected chi connectivity index (χ2v) is 7.27. The van der Waals surface area contributed by atoms with E-state index in [9.17, 15) is 9.59 Å². The maximum absolute atomic E-state index is 12.2. The van der Waals surface area contributed by atoms with Crippen LogP contribution >= 0.6 is 23.4 Å². The molecule has 0 saturated carbocycles. The third-order valence-corrected chi connectivity index (χ3v) is 5.09. The zero-order chi connectivity index (χ0) is 19.2. The van der Waals surface area contributed by atoms with Gasteiger partial charge in [-0.1, -0.05) is 35.5 Å².